The van der Waals surface area contributed by atoms with Gasteiger partial charge in [-0.2, -0.15) is 0 Å². The predicted molar refractivity (Wildman–Crippen MR) is 55.6 cm³/mol. The smallest absolute Gasteiger partial charge is 0.197 e. The van der Waals surface area contributed by atoms with Crippen LogP contribution in [-0.2, 0) is 0 Å². The quantitative estimate of drug-likeness (QED) is 0.622. The highest BCUT2D eigenvalue weighted by Crippen LogP contribution is 2.21. The molecule has 0 aliphatic rings. The highest BCUT2D eigenvalue weighted by Gasteiger charge is 1.97. The molecule has 0 spiro atoms. The molecule has 2 rings (SSSR count). The van der Waals surface area contributed by atoms with Crippen molar-refractivity contribution in [3.05, 3.63) is 35.6 Å². The molecule has 0 saturated carbocycles. The van der Waals surface area contributed by atoms with Crippen molar-refractivity contribution in [3.63, 3.8) is 0 Å². The molecule has 0 radical (unpaired) electrons. The first-order valence-corrected chi connectivity index (χ1v) is 5.06. The van der Waals surface area contributed by atoms with Gasteiger partial charge in [-0.3, -0.25) is 4.98 Å². The molecule has 0 fully saturated rings. The van der Waals surface area contributed by atoms with Crippen LogP contribution in [0, 0.1) is 4.77 Å². The Bertz CT molecular complexity index is 468. The number of nitrogens with one attached hydrogen (secondary N) is 1. The second kappa shape index (κ2) is 4.30. The third-order valence-electron chi connectivity index (χ3n) is 1.40. The van der Waals surface area contributed by atoms with Gasteiger partial charge in [0.2, 0.25) is 0 Å². The highest BCUT2D eigenvalue weighted by atomic mass is 32.2. The van der Waals surface area contributed by atoms with Crippen molar-refractivity contribution in [2.75, 3.05) is 0 Å². The van der Waals surface area contributed by atoms with Crippen LogP contribution in [0.4, 0.5) is 0 Å². The van der Waals surface area contributed by atoms with Gasteiger partial charge < -0.3 is 4.98 Å². The number of aromatic nitrogens is 4. The molecule has 1 N–H and O–H groups in total. The summed E-state index contributed by atoms with van der Waals surface area (Å²) >= 11 is 6.37. The van der Waals surface area contributed by atoms with E-state index >= 15 is 0 Å². The Balaban J connectivity index is 2.24. The van der Waals surface area contributed by atoms with Gasteiger partial charge in [-0.15, -0.1) is 0 Å². The Labute approximate surface area is 89.8 Å². The summed E-state index contributed by atoms with van der Waals surface area (Å²) in [4.78, 5) is 14.9. The molecule has 0 saturated heterocycles. The molecule has 0 aliphatic carbocycles. The fourth-order valence-corrected chi connectivity index (χ4v) is 1.83. The predicted octanol–water partition coefficient (Wildman–Crippen LogP) is 2.08. The van der Waals surface area contributed by atoms with Crippen LogP contribution in [0.5, 0.6) is 0 Å². The van der Waals surface area contributed by atoms with Crippen LogP contribution in [0.25, 0.3) is 0 Å². The fraction of sp³-hybridized carbons (Fsp3) is 0. The van der Waals surface area contributed by atoms with Gasteiger partial charge in [0, 0.05) is 18.6 Å². The van der Waals surface area contributed by atoms with E-state index in [1.54, 1.807) is 24.8 Å². The van der Waals surface area contributed by atoms with Crippen LogP contribution in [-0.4, -0.2) is 19.9 Å². The number of aromatic amines is 1. The third-order valence-corrected chi connectivity index (χ3v) is 2.49. The number of hydrogen-bond donors (Lipinski definition) is 1. The molecule has 0 unspecified atom stereocenters. The van der Waals surface area contributed by atoms with Crippen molar-refractivity contribution in [2.45, 2.75) is 10.1 Å². The van der Waals surface area contributed by atoms with E-state index in [9.17, 15) is 0 Å². The summed E-state index contributed by atoms with van der Waals surface area (Å²) in [7, 11) is 0. The zero-order valence-corrected chi connectivity index (χ0v) is 8.68. The van der Waals surface area contributed by atoms with Gasteiger partial charge in [-0.05, 0) is 18.3 Å². The van der Waals surface area contributed by atoms with E-state index in [1.165, 1.54) is 11.8 Å². The average molecular weight is 222 g/mol. The molecule has 4 nitrogen and oxygen atoms in total. The van der Waals surface area contributed by atoms with E-state index in [1.807, 2.05) is 6.07 Å². The highest BCUT2D eigenvalue weighted by molar-refractivity contribution is 7.99. The van der Waals surface area contributed by atoms with Crippen LogP contribution >= 0.6 is 24.0 Å². The first-order chi connectivity index (χ1) is 6.84. The van der Waals surface area contributed by atoms with E-state index in [0.29, 0.717) is 4.77 Å². The summed E-state index contributed by atoms with van der Waals surface area (Å²) in [5.41, 5.74) is 0. The first kappa shape index (κ1) is 9.29. The lowest BCUT2D eigenvalue weighted by molar-refractivity contribution is 1.00. The fourth-order valence-electron chi connectivity index (χ4n) is 0.862. The van der Waals surface area contributed by atoms with Crippen molar-refractivity contribution in [2.24, 2.45) is 0 Å². The molecular weight excluding hydrogens is 216 g/mol. The number of rotatable bonds is 2. The lowest BCUT2D eigenvalue weighted by atomic mass is 10.7. The molecule has 0 aliphatic heterocycles. The zero-order valence-electron chi connectivity index (χ0n) is 7.04. The first-order valence-electron chi connectivity index (χ1n) is 3.84. The number of H-pyrrole nitrogens is 1. The molecule has 0 amide bonds. The summed E-state index contributed by atoms with van der Waals surface area (Å²) in [6.07, 6.45) is 6.65. The topological polar surface area (TPSA) is 54.5 Å². The minimum atomic E-state index is 0.471. The average Bonchev–Trinajstić information content (AvgIpc) is 2.19. The Morgan fingerprint density at radius 2 is 2.14 bits per heavy atom. The molecule has 70 valence electrons. The molecule has 0 bridgehead atoms. The molecule has 2 heterocycles. The van der Waals surface area contributed by atoms with Gasteiger partial charge in [-0.25, -0.2) is 9.97 Å². The second-order valence-electron chi connectivity index (χ2n) is 2.38. The van der Waals surface area contributed by atoms with Gasteiger partial charge in [0.1, 0.15) is 5.03 Å². The van der Waals surface area contributed by atoms with Crippen molar-refractivity contribution in [3.8, 4) is 0 Å². The monoisotopic (exact) mass is 222 g/mol. The second-order valence-corrected chi connectivity index (χ2v) is 3.83. The standard InChI is InChI=1S/C8H6N4S2/c13-8-11-2-1-6(12-8)14-7-5-9-3-4-10-7/h1-5H,(H,11,12,13). The maximum atomic E-state index is 4.90. The lowest BCUT2D eigenvalue weighted by Crippen LogP contribution is -1.85. The minimum Gasteiger partial charge on any atom is -0.325 e. The van der Waals surface area contributed by atoms with Crippen molar-refractivity contribution < 1.29 is 0 Å². The van der Waals surface area contributed by atoms with Crippen molar-refractivity contribution in [1.29, 1.82) is 0 Å². The van der Waals surface area contributed by atoms with Crippen molar-refractivity contribution >= 4 is 24.0 Å². The van der Waals surface area contributed by atoms with Crippen LogP contribution in [0.2, 0.25) is 0 Å². The summed E-state index contributed by atoms with van der Waals surface area (Å²) in [5.74, 6) is 0. The van der Waals surface area contributed by atoms with E-state index in [4.69, 9.17) is 12.2 Å². The molecule has 0 atom stereocenters. The SMILES string of the molecule is S=c1nccc(Sc2cnccn2)[nH]1. The van der Waals surface area contributed by atoms with Crippen LogP contribution in [0.3, 0.4) is 0 Å². The maximum Gasteiger partial charge on any atom is 0.197 e. The normalized spacial score (nSPS) is 10.0. The van der Waals surface area contributed by atoms with Gasteiger partial charge in [0.15, 0.2) is 4.77 Å². The summed E-state index contributed by atoms with van der Waals surface area (Å²) in [5, 5.41) is 1.73. The Hall–Kier alpha value is -1.27. The van der Waals surface area contributed by atoms with E-state index in [-0.39, 0.29) is 0 Å². The van der Waals surface area contributed by atoms with Crippen LogP contribution in [0.1, 0.15) is 0 Å². The number of nitrogens with zero attached hydrogens (tertiary/aromatic N) is 3. The van der Waals surface area contributed by atoms with E-state index in [2.05, 4.69) is 19.9 Å². The van der Waals surface area contributed by atoms with Crippen LogP contribution in [0.15, 0.2) is 40.9 Å². The van der Waals surface area contributed by atoms with Gasteiger partial charge in [0.05, 0.1) is 11.2 Å². The van der Waals surface area contributed by atoms with E-state index in [0.717, 1.165) is 10.1 Å². The molecule has 2 aromatic rings. The Morgan fingerprint density at radius 1 is 1.21 bits per heavy atom. The molecular formula is C8H6N4S2. The van der Waals surface area contributed by atoms with Gasteiger partial charge in [-0.1, -0.05) is 11.8 Å². The van der Waals surface area contributed by atoms with Crippen LogP contribution < -0.4 is 0 Å². The minimum absolute atomic E-state index is 0.471. The zero-order chi connectivity index (χ0) is 9.80. The third kappa shape index (κ3) is 2.36. The Kier molecular flexibility index (Phi) is 2.85. The molecule has 6 heteroatoms. The Morgan fingerprint density at radius 3 is 2.86 bits per heavy atom. The maximum absolute atomic E-state index is 4.90. The lowest BCUT2D eigenvalue weighted by Gasteiger charge is -1.98. The van der Waals surface area contributed by atoms with Gasteiger partial charge >= 0.3 is 0 Å². The largest absolute Gasteiger partial charge is 0.325 e. The molecule has 14 heavy (non-hydrogen) atoms. The summed E-state index contributed by atoms with van der Waals surface area (Å²) in [6.45, 7) is 0. The number of hydrogen-bond acceptors (Lipinski definition) is 5. The van der Waals surface area contributed by atoms with Gasteiger partial charge in [0.25, 0.3) is 0 Å². The van der Waals surface area contributed by atoms with E-state index < -0.39 is 0 Å². The molecule has 2 aromatic heterocycles. The molecule has 0 aromatic carbocycles. The van der Waals surface area contributed by atoms with Crippen molar-refractivity contribution in [1.82, 2.24) is 19.9 Å². The summed E-state index contributed by atoms with van der Waals surface area (Å²) < 4.78 is 0.471. The summed E-state index contributed by atoms with van der Waals surface area (Å²) in [6, 6.07) is 1.84.